The van der Waals surface area contributed by atoms with Crippen LogP contribution in [0.2, 0.25) is 0 Å². The highest BCUT2D eigenvalue weighted by Crippen LogP contribution is 2.22. The molecule has 0 saturated carbocycles. The summed E-state index contributed by atoms with van der Waals surface area (Å²) in [6.07, 6.45) is 0.223. The van der Waals surface area contributed by atoms with Gasteiger partial charge in [0.15, 0.2) is 0 Å². The molecule has 0 N–H and O–H groups in total. The third-order valence-electron chi connectivity index (χ3n) is 4.18. The van der Waals surface area contributed by atoms with Gasteiger partial charge in [0, 0.05) is 20.6 Å². The highest BCUT2D eigenvalue weighted by atomic mass is 32.2. The van der Waals surface area contributed by atoms with Crippen molar-refractivity contribution in [1.82, 2.24) is 13.9 Å². The van der Waals surface area contributed by atoms with E-state index in [0.717, 1.165) is 15.4 Å². The van der Waals surface area contributed by atoms with E-state index in [1.54, 1.807) is 18.2 Å². The average Bonchev–Trinajstić information content (AvgIpc) is 3.25. The largest absolute Gasteiger partial charge is 0.457 e. The Hall–Kier alpha value is -2.23. The van der Waals surface area contributed by atoms with Crippen molar-refractivity contribution >= 4 is 38.4 Å². The van der Waals surface area contributed by atoms with Gasteiger partial charge in [-0.25, -0.2) is 17.7 Å². The van der Waals surface area contributed by atoms with Crippen LogP contribution in [0.15, 0.2) is 39.9 Å². The van der Waals surface area contributed by atoms with Crippen LogP contribution in [0.4, 0.5) is 0 Å². The third kappa shape index (κ3) is 4.05. The van der Waals surface area contributed by atoms with Gasteiger partial charge in [-0.3, -0.25) is 4.79 Å². The summed E-state index contributed by atoms with van der Waals surface area (Å²) < 4.78 is 33.1. The Balaban J connectivity index is 1.84. The highest BCUT2D eigenvalue weighted by Gasteiger charge is 2.20. The topological polar surface area (TPSA) is 81.5 Å². The van der Waals surface area contributed by atoms with Crippen molar-refractivity contribution in [2.45, 2.75) is 31.4 Å². The maximum absolute atomic E-state index is 12.3. The van der Waals surface area contributed by atoms with E-state index >= 15 is 0 Å². The molecule has 144 valence electrons. The maximum Gasteiger partial charge on any atom is 0.310 e. The molecule has 0 saturated heterocycles. The lowest BCUT2D eigenvalue weighted by atomic mass is 10.2. The lowest BCUT2D eigenvalue weighted by Gasteiger charge is -2.11. The van der Waals surface area contributed by atoms with Gasteiger partial charge in [-0.2, -0.15) is 11.3 Å². The number of hydrogen-bond donors (Lipinski definition) is 0. The number of imidazole rings is 1. The van der Waals surface area contributed by atoms with Gasteiger partial charge < -0.3 is 9.30 Å². The Bertz CT molecular complexity index is 1050. The van der Waals surface area contributed by atoms with Gasteiger partial charge in [-0.1, -0.05) is 0 Å². The van der Waals surface area contributed by atoms with E-state index in [0.29, 0.717) is 17.9 Å². The van der Waals surface area contributed by atoms with Gasteiger partial charge in [0.05, 0.1) is 22.3 Å². The molecule has 1 aromatic carbocycles. The number of aromatic nitrogens is 2. The van der Waals surface area contributed by atoms with Crippen molar-refractivity contribution in [2.24, 2.45) is 0 Å². The number of thiophene rings is 1. The number of rotatable bonds is 7. The zero-order chi connectivity index (χ0) is 19.6. The molecule has 9 heteroatoms. The Labute approximate surface area is 162 Å². The quantitative estimate of drug-likeness (QED) is 0.563. The smallest absolute Gasteiger partial charge is 0.310 e. The molecule has 3 rings (SSSR count). The molecule has 0 aliphatic rings. The standard InChI is InChI=1S/C18H21N3O4S2/c1-4-21-16-6-5-14(27(23,24)20(2)3)10-15(16)19-17(21)11-25-18(22)9-13-7-8-26-12-13/h5-8,10,12H,4,9,11H2,1-3H3. The number of carbonyl (C=O) groups excluding carboxylic acids is 1. The molecule has 7 nitrogen and oxygen atoms in total. The normalized spacial score (nSPS) is 12.0. The van der Waals surface area contributed by atoms with Crippen molar-refractivity contribution in [3.63, 3.8) is 0 Å². The number of benzene rings is 1. The fourth-order valence-corrected chi connectivity index (χ4v) is 4.34. The lowest BCUT2D eigenvalue weighted by Crippen LogP contribution is -2.22. The minimum atomic E-state index is -3.53. The maximum atomic E-state index is 12.3. The van der Waals surface area contributed by atoms with Crippen LogP contribution >= 0.6 is 11.3 Å². The summed E-state index contributed by atoms with van der Waals surface area (Å²) in [5.41, 5.74) is 2.29. The summed E-state index contributed by atoms with van der Waals surface area (Å²) in [7, 11) is -0.557. The second-order valence-electron chi connectivity index (χ2n) is 6.18. The molecule has 0 bridgehead atoms. The zero-order valence-corrected chi connectivity index (χ0v) is 17.0. The number of ether oxygens (including phenoxy) is 1. The summed E-state index contributed by atoms with van der Waals surface area (Å²) in [5.74, 6) is 0.268. The number of hydrogen-bond acceptors (Lipinski definition) is 6. The summed E-state index contributed by atoms with van der Waals surface area (Å²) in [4.78, 5) is 16.7. The number of sulfonamides is 1. The predicted octanol–water partition coefficient (Wildman–Crippen LogP) is 2.65. The Morgan fingerprint density at radius 3 is 2.70 bits per heavy atom. The van der Waals surface area contributed by atoms with E-state index in [2.05, 4.69) is 4.98 Å². The lowest BCUT2D eigenvalue weighted by molar-refractivity contribution is -0.144. The van der Waals surface area contributed by atoms with Crippen LogP contribution in [0.3, 0.4) is 0 Å². The van der Waals surface area contributed by atoms with E-state index in [1.165, 1.54) is 25.4 Å². The highest BCUT2D eigenvalue weighted by molar-refractivity contribution is 7.89. The Morgan fingerprint density at radius 1 is 1.30 bits per heavy atom. The van der Waals surface area contributed by atoms with E-state index < -0.39 is 10.0 Å². The SMILES string of the molecule is CCn1c(COC(=O)Cc2ccsc2)nc2cc(S(=O)(=O)N(C)C)ccc21. The van der Waals surface area contributed by atoms with Crippen molar-refractivity contribution in [2.75, 3.05) is 14.1 Å². The third-order valence-corrected chi connectivity index (χ3v) is 6.73. The number of esters is 1. The van der Waals surface area contributed by atoms with Gasteiger partial charge in [0.2, 0.25) is 10.0 Å². The molecular weight excluding hydrogens is 386 g/mol. The molecule has 27 heavy (non-hydrogen) atoms. The predicted molar refractivity (Wildman–Crippen MR) is 104 cm³/mol. The number of nitrogens with zero attached hydrogens (tertiary/aromatic N) is 3. The molecule has 0 unspecified atom stereocenters. The number of aryl methyl sites for hydroxylation is 1. The minimum Gasteiger partial charge on any atom is -0.457 e. The summed E-state index contributed by atoms with van der Waals surface area (Å²) in [6.45, 7) is 2.64. The molecule has 2 aromatic heterocycles. The molecule has 0 fully saturated rings. The Kier molecular flexibility index (Phi) is 5.64. The fraction of sp³-hybridized carbons (Fsp3) is 0.333. The van der Waals surface area contributed by atoms with Gasteiger partial charge in [-0.15, -0.1) is 0 Å². The molecule has 0 aliphatic heterocycles. The second-order valence-corrected chi connectivity index (χ2v) is 9.11. The molecule has 0 radical (unpaired) electrons. The van der Waals surface area contributed by atoms with E-state index in [-0.39, 0.29) is 23.9 Å². The van der Waals surface area contributed by atoms with E-state index in [1.807, 2.05) is 28.3 Å². The molecule has 0 spiro atoms. The van der Waals surface area contributed by atoms with Crippen LogP contribution in [0.1, 0.15) is 18.3 Å². The van der Waals surface area contributed by atoms with Gasteiger partial charge in [0.25, 0.3) is 0 Å². The first-order valence-electron chi connectivity index (χ1n) is 8.41. The van der Waals surface area contributed by atoms with E-state index in [9.17, 15) is 13.2 Å². The molecule has 0 atom stereocenters. The first-order chi connectivity index (χ1) is 12.8. The van der Waals surface area contributed by atoms with Gasteiger partial charge in [0.1, 0.15) is 12.4 Å². The van der Waals surface area contributed by atoms with Crippen LogP contribution in [0.5, 0.6) is 0 Å². The monoisotopic (exact) mass is 407 g/mol. The van der Waals surface area contributed by atoms with Crippen LogP contribution in [-0.2, 0) is 39.1 Å². The van der Waals surface area contributed by atoms with Gasteiger partial charge in [-0.05, 0) is 47.5 Å². The molecule has 3 aromatic rings. The van der Waals surface area contributed by atoms with Crippen molar-refractivity contribution < 1.29 is 17.9 Å². The van der Waals surface area contributed by atoms with Crippen molar-refractivity contribution in [3.8, 4) is 0 Å². The summed E-state index contributed by atoms with van der Waals surface area (Å²) in [5, 5.41) is 3.83. The fourth-order valence-electron chi connectivity index (χ4n) is 2.75. The first kappa shape index (κ1) is 19.5. The first-order valence-corrected chi connectivity index (χ1v) is 10.8. The van der Waals surface area contributed by atoms with Crippen LogP contribution in [-0.4, -0.2) is 42.3 Å². The van der Waals surface area contributed by atoms with Gasteiger partial charge >= 0.3 is 5.97 Å². The minimum absolute atomic E-state index is 0.0429. The van der Waals surface area contributed by atoms with E-state index in [4.69, 9.17) is 4.74 Å². The number of fused-ring (bicyclic) bond motifs is 1. The summed E-state index contributed by atoms with van der Waals surface area (Å²) in [6, 6.07) is 6.74. The second kappa shape index (κ2) is 7.79. The van der Waals surface area contributed by atoms with Crippen molar-refractivity contribution in [3.05, 3.63) is 46.4 Å². The molecule has 0 aliphatic carbocycles. The van der Waals surface area contributed by atoms with Crippen LogP contribution in [0.25, 0.3) is 11.0 Å². The average molecular weight is 408 g/mol. The van der Waals surface area contributed by atoms with Crippen LogP contribution < -0.4 is 0 Å². The Morgan fingerprint density at radius 2 is 2.07 bits per heavy atom. The molecule has 0 amide bonds. The van der Waals surface area contributed by atoms with Crippen molar-refractivity contribution in [1.29, 1.82) is 0 Å². The zero-order valence-electron chi connectivity index (χ0n) is 15.4. The molecular formula is C18H21N3O4S2. The van der Waals surface area contributed by atoms with Crippen LogP contribution in [0, 0.1) is 0 Å². The summed E-state index contributed by atoms with van der Waals surface area (Å²) >= 11 is 1.53. The molecule has 2 heterocycles. The number of carbonyl (C=O) groups is 1.